The normalized spacial score (nSPS) is 12.7. The van der Waals surface area contributed by atoms with E-state index >= 15 is 0 Å². The van der Waals surface area contributed by atoms with Crippen molar-refractivity contribution >= 4 is 21.8 Å². The number of nitrogens with zero attached hydrogens (tertiary/aromatic N) is 1. The summed E-state index contributed by atoms with van der Waals surface area (Å²) in [7, 11) is -3.82. The summed E-state index contributed by atoms with van der Waals surface area (Å²) in [6.07, 6.45) is 0.742. The number of amides is 2. The number of carbonyl (C=O) groups is 2. The Hall–Kier alpha value is -2.00. The first-order valence-electron chi connectivity index (χ1n) is 8.57. The Morgan fingerprint density at radius 3 is 2.35 bits per heavy atom. The van der Waals surface area contributed by atoms with Crippen molar-refractivity contribution in [3.8, 4) is 0 Å². The van der Waals surface area contributed by atoms with Crippen molar-refractivity contribution in [1.82, 2.24) is 14.9 Å². The first kappa shape index (κ1) is 22.0. The van der Waals surface area contributed by atoms with E-state index in [0.717, 1.165) is 24.6 Å². The Morgan fingerprint density at radius 1 is 1.19 bits per heavy atom. The molecule has 0 aliphatic rings. The third kappa shape index (κ3) is 5.25. The fraction of sp³-hybridized carbons (Fsp3) is 0.529. The molecule has 0 aliphatic carbocycles. The number of nitrogens with one attached hydrogen (secondary N) is 2. The molecule has 0 aliphatic heterocycles. The Bertz CT molecular complexity index is 748. The maximum absolute atomic E-state index is 14.1. The van der Waals surface area contributed by atoms with Gasteiger partial charge in [0.15, 0.2) is 0 Å². The van der Waals surface area contributed by atoms with E-state index < -0.39 is 39.3 Å². The molecule has 1 rings (SSSR count). The van der Waals surface area contributed by atoms with Crippen LogP contribution in [0.15, 0.2) is 23.1 Å². The summed E-state index contributed by atoms with van der Waals surface area (Å²) in [6.45, 7) is 7.71. The van der Waals surface area contributed by atoms with Gasteiger partial charge in [0.2, 0.25) is 15.9 Å². The first-order chi connectivity index (χ1) is 12.2. The molecular formula is C17H26FN3O4S. The van der Waals surface area contributed by atoms with Crippen LogP contribution in [0.4, 0.5) is 4.39 Å². The Labute approximate surface area is 154 Å². The minimum absolute atomic E-state index is 0.171. The van der Waals surface area contributed by atoms with E-state index in [0.29, 0.717) is 6.54 Å². The van der Waals surface area contributed by atoms with Crippen LogP contribution in [0, 0.1) is 5.82 Å². The van der Waals surface area contributed by atoms with Crippen molar-refractivity contribution in [1.29, 1.82) is 0 Å². The van der Waals surface area contributed by atoms with Crippen LogP contribution in [0.5, 0.6) is 0 Å². The van der Waals surface area contributed by atoms with Crippen LogP contribution in [0.2, 0.25) is 0 Å². The lowest BCUT2D eigenvalue weighted by atomic mass is 10.2. The van der Waals surface area contributed by atoms with Gasteiger partial charge < -0.3 is 10.6 Å². The molecule has 2 N–H and O–H groups in total. The van der Waals surface area contributed by atoms with Gasteiger partial charge in [-0.2, -0.15) is 4.31 Å². The van der Waals surface area contributed by atoms with Gasteiger partial charge in [-0.25, -0.2) is 12.8 Å². The van der Waals surface area contributed by atoms with Crippen LogP contribution in [0.25, 0.3) is 0 Å². The zero-order chi connectivity index (χ0) is 19.9. The van der Waals surface area contributed by atoms with Crippen LogP contribution >= 0.6 is 0 Å². The summed E-state index contributed by atoms with van der Waals surface area (Å²) in [5.74, 6) is -2.10. The number of rotatable bonds is 9. The van der Waals surface area contributed by atoms with Gasteiger partial charge in [0, 0.05) is 19.6 Å². The number of benzene rings is 1. The van der Waals surface area contributed by atoms with Gasteiger partial charge in [0.1, 0.15) is 11.9 Å². The summed E-state index contributed by atoms with van der Waals surface area (Å²) in [5, 5.41) is 5.00. The van der Waals surface area contributed by atoms with E-state index in [2.05, 4.69) is 10.6 Å². The Morgan fingerprint density at radius 2 is 1.81 bits per heavy atom. The van der Waals surface area contributed by atoms with Crippen molar-refractivity contribution in [2.75, 3.05) is 19.6 Å². The second-order valence-corrected chi connectivity index (χ2v) is 7.66. The average molecular weight is 387 g/mol. The van der Waals surface area contributed by atoms with Crippen LogP contribution in [0.1, 0.15) is 44.5 Å². The molecule has 0 saturated carbocycles. The van der Waals surface area contributed by atoms with Crippen molar-refractivity contribution < 1.29 is 22.4 Å². The zero-order valence-corrected chi connectivity index (χ0v) is 16.3. The quantitative estimate of drug-likeness (QED) is 0.671. The van der Waals surface area contributed by atoms with E-state index in [1.807, 2.05) is 6.92 Å². The van der Waals surface area contributed by atoms with Gasteiger partial charge in [-0.15, -0.1) is 0 Å². The molecule has 146 valence electrons. The monoisotopic (exact) mass is 387 g/mol. The lowest BCUT2D eigenvalue weighted by Crippen LogP contribution is -2.45. The topological polar surface area (TPSA) is 95.6 Å². The number of sulfonamides is 1. The second kappa shape index (κ2) is 9.63. The minimum Gasteiger partial charge on any atom is -0.354 e. The smallest absolute Gasteiger partial charge is 0.254 e. The highest BCUT2D eigenvalue weighted by atomic mass is 32.2. The summed E-state index contributed by atoms with van der Waals surface area (Å²) >= 11 is 0. The molecule has 0 radical (unpaired) electrons. The van der Waals surface area contributed by atoms with E-state index in [-0.39, 0.29) is 18.0 Å². The van der Waals surface area contributed by atoms with Gasteiger partial charge in [0.05, 0.1) is 10.5 Å². The summed E-state index contributed by atoms with van der Waals surface area (Å²) in [4.78, 5) is 24.0. The highest BCUT2D eigenvalue weighted by molar-refractivity contribution is 7.89. The number of carbonyl (C=O) groups excluding carboxylic acids is 2. The summed E-state index contributed by atoms with van der Waals surface area (Å²) in [5.41, 5.74) is -0.423. The third-order valence-corrected chi connectivity index (χ3v) is 5.86. The van der Waals surface area contributed by atoms with Gasteiger partial charge in [-0.05, 0) is 31.5 Å². The van der Waals surface area contributed by atoms with E-state index in [4.69, 9.17) is 0 Å². The molecule has 0 fully saturated rings. The Balaban J connectivity index is 3.07. The number of hydrogen-bond acceptors (Lipinski definition) is 4. The molecule has 0 unspecified atom stereocenters. The molecule has 0 heterocycles. The summed E-state index contributed by atoms with van der Waals surface area (Å²) in [6, 6.07) is 2.18. The largest absolute Gasteiger partial charge is 0.354 e. The molecule has 0 saturated heterocycles. The van der Waals surface area contributed by atoms with Crippen molar-refractivity contribution in [2.45, 2.75) is 45.1 Å². The first-order valence-corrected chi connectivity index (χ1v) is 10.0. The maximum atomic E-state index is 14.1. The van der Waals surface area contributed by atoms with Gasteiger partial charge in [-0.1, -0.05) is 20.8 Å². The molecule has 9 heteroatoms. The lowest BCUT2D eigenvalue weighted by Gasteiger charge is -2.19. The van der Waals surface area contributed by atoms with E-state index in [9.17, 15) is 22.4 Å². The fourth-order valence-corrected chi connectivity index (χ4v) is 3.78. The molecule has 0 bridgehead atoms. The van der Waals surface area contributed by atoms with Crippen molar-refractivity contribution in [2.24, 2.45) is 0 Å². The van der Waals surface area contributed by atoms with Crippen LogP contribution in [0.3, 0.4) is 0 Å². The molecule has 26 heavy (non-hydrogen) atoms. The molecule has 1 aromatic carbocycles. The summed E-state index contributed by atoms with van der Waals surface area (Å²) < 4.78 is 40.3. The van der Waals surface area contributed by atoms with E-state index in [1.165, 1.54) is 11.2 Å². The number of hydrogen-bond donors (Lipinski definition) is 2. The highest BCUT2D eigenvalue weighted by Gasteiger charge is 2.25. The predicted octanol–water partition coefficient (Wildman–Crippen LogP) is 1.50. The lowest BCUT2D eigenvalue weighted by molar-refractivity contribution is -0.122. The van der Waals surface area contributed by atoms with Crippen molar-refractivity contribution in [3.63, 3.8) is 0 Å². The maximum Gasteiger partial charge on any atom is 0.254 e. The fourth-order valence-electron chi connectivity index (χ4n) is 2.29. The predicted molar refractivity (Wildman–Crippen MR) is 96.7 cm³/mol. The van der Waals surface area contributed by atoms with E-state index in [1.54, 1.807) is 13.8 Å². The second-order valence-electron chi connectivity index (χ2n) is 5.72. The highest BCUT2D eigenvalue weighted by Crippen LogP contribution is 2.19. The van der Waals surface area contributed by atoms with Crippen LogP contribution in [-0.2, 0) is 14.8 Å². The molecule has 2 amide bonds. The minimum atomic E-state index is -3.82. The Kier molecular flexibility index (Phi) is 8.16. The molecule has 1 aromatic rings. The molecule has 0 aromatic heterocycles. The average Bonchev–Trinajstić information content (AvgIpc) is 2.60. The molecular weight excluding hydrogens is 361 g/mol. The molecule has 0 spiro atoms. The molecule has 1 atom stereocenters. The number of halogens is 1. The standard InChI is InChI=1S/C17H26FN3O4S/c1-5-10-19-16(22)12(4)20-17(23)14-11-13(8-9-15(14)18)26(24,25)21(6-2)7-3/h8-9,11-12H,5-7,10H2,1-4H3,(H,19,22)(H,20,23)/t12-/m0/s1. The van der Waals surface area contributed by atoms with Crippen molar-refractivity contribution in [3.05, 3.63) is 29.6 Å². The molecule has 7 nitrogen and oxygen atoms in total. The SMILES string of the molecule is CCCNC(=O)[C@H](C)NC(=O)c1cc(S(=O)(=O)N(CC)CC)ccc1F. The van der Waals surface area contributed by atoms with Gasteiger partial charge in [-0.3, -0.25) is 9.59 Å². The van der Waals surface area contributed by atoms with Gasteiger partial charge >= 0.3 is 0 Å². The van der Waals surface area contributed by atoms with Crippen LogP contribution < -0.4 is 10.6 Å². The van der Waals surface area contributed by atoms with Gasteiger partial charge in [0.25, 0.3) is 5.91 Å². The third-order valence-electron chi connectivity index (χ3n) is 3.82. The zero-order valence-electron chi connectivity index (χ0n) is 15.5. The van der Waals surface area contributed by atoms with Crippen LogP contribution in [-0.4, -0.2) is 50.2 Å².